The Kier molecular flexibility index (Phi) is 67.7. The molecular formula is C87H156O28. The van der Waals surface area contributed by atoms with E-state index in [9.17, 15) is 19.8 Å². The molecule has 2 aromatic rings. The highest BCUT2D eigenvalue weighted by molar-refractivity contribution is 5.70. The molecule has 0 saturated heterocycles. The molecule has 0 amide bonds. The second kappa shape index (κ2) is 71.6. The van der Waals surface area contributed by atoms with Crippen molar-refractivity contribution in [2.75, 3.05) is 291 Å². The molecule has 0 aliphatic rings. The third kappa shape index (κ3) is 64.4. The SMILES string of the molecule is C=CCOCCOCCOCCOCCOCCOCCOCCOCCOCCOCCOC(C)COC(C)COC(=O)CCc1cc(C(C)(C)C)c(O)c(C(C)(C)C)c1.CCCCOCCOCCOCCOCCOCCOCCOCCOCCOCCOCCOC(=O)CCc1cc(C(C)(C)C)c(O)c(C(C)(C)C)c1. The van der Waals surface area contributed by atoms with E-state index in [1.807, 2.05) is 38.1 Å². The van der Waals surface area contributed by atoms with Crippen molar-refractivity contribution in [1.82, 2.24) is 0 Å². The van der Waals surface area contributed by atoms with Crippen LogP contribution in [0, 0.1) is 0 Å². The van der Waals surface area contributed by atoms with E-state index in [-0.39, 0.29) is 71.9 Å². The summed E-state index contributed by atoms with van der Waals surface area (Å²) in [6.07, 6.45) is 5.12. The maximum absolute atomic E-state index is 12.5. The van der Waals surface area contributed by atoms with Crippen LogP contribution in [0.2, 0.25) is 0 Å². The van der Waals surface area contributed by atoms with Crippen molar-refractivity contribution in [3.05, 3.63) is 70.3 Å². The number of ether oxygens (including phenoxy) is 24. The van der Waals surface area contributed by atoms with Crippen LogP contribution in [0.3, 0.4) is 0 Å². The van der Waals surface area contributed by atoms with E-state index in [2.05, 4.69) is 96.6 Å². The van der Waals surface area contributed by atoms with E-state index in [1.54, 1.807) is 6.08 Å². The average molecular weight is 1650 g/mol. The summed E-state index contributed by atoms with van der Waals surface area (Å²) >= 11 is 0. The van der Waals surface area contributed by atoms with Gasteiger partial charge in [-0.25, -0.2) is 0 Å². The Morgan fingerprint density at radius 3 is 0.774 bits per heavy atom. The molecule has 0 heterocycles. The number of rotatable bonds is 77. The third-order valence-electron chi connectivity index (χ3n) is 16.6. The second-order valence-corrected chi connectivity index (χ2v) is 31.2. The molecule has 0 bridgehead atoms. The molecule has 0 radical (unpaired) electrons. The Labute approximate surface area is 691 Å². The molecule has 2 aromatic carbocycles. The van der Waals surface area contributed by atoms with Crippen LogP contribution >= 0.6 is 0 Å². The zero-order valence-corrected chi connectivity index (χ0v) is 73.6. The molecule has 0 fully saturated rings. The van der Waals surface area contributed by atoms with Gasteiger partial charge in [0.05, 0.1) is 283 Å². The Morgan fingerprint density at radius 1 is 0.313 bits per heavy atom. The zero-order chi connectivity index (χ0) is 84.8. The van der Waals surface area contributed by atoms with Crippen molar-refractivity contribution < 1.29 is 133 Å². The number of carbonyl (C=O) groups excluding carboxylic acids is 2. The van der Waals surface area contributed by atoms with Gasteiger partial charge in [0.1, 0.15) is 24.7 Å². The van der Waals surface area contributed by atoms with Crippen molar-refractivity contribution in [2.45, 2.75) is 176 Å². The van der Waals surface area contributed by atoms with Gasteiger partial charge in [0.25, 0.3) is 0 Å². The van der Waals surface area contributed by atoms with Crippen LogP contribution in [0.15, 0.2) is 36.9 Å². The summed E-state index contributed by atoms with van der Waals surface area (Å²) < 4.78 is 132. The van der Waals surface area contributed by atoms with E-state index in [0.29, 0.717) is 295 Å². The number of hydrogen-bond donors (Lipinski definition) is 2. The fraction of sp³-hybridized carbons (Fsp3) is 0.816. The number of aromatic hydroxyl groups is 2. The van der Waals surface area contributed by atoms with Gasteiger partial charge in [0.2, 0.25) is 0 Å². The fourth-order valence-electron chi connectivity index (χ4n) is 10.2. The van der Waals surface area contributed by atoms with E-state index in [4.69, 9.17) is 114 Å². The monoisotopic (exact) mass is 1650 g/mol. The van der Waals surface area contributed by atoms with Gasteiger partial charge in [0, 0.05) is 19.4 Å². The first-order valence-corrected chi connectivity index (χ1v) is 41.7. The Balaban J connectivity index is 0.00000116. The minimum Gasteiger partial charge on any atom is -0.507 e. The fourth-order valence-corrected chi connectivity index (χ4v) is 10.2. The first kappa shape index (κ1) is 109. The van der Waals surface area contributed by atoms with Crippen molar-refractivity contribution >= 4 is 11.9 Å². The Hall–Kier alpha value is -4.16. The number of unbranched alkanes of at least 4 members (excludes halogenated alkanes) is 1. The number of aryl methyl sites for hydroxylation is 2. The molecule has 28 heteroatoms. The minimum atomic E-state index is -0.282. The minimum absolute atomic E-state index is 0.139. The highest BCUT2D eigenvalue weighted by Crippen LogP contribution is 2.41. The molecule has 0 aliphatic heterocycles. The van der Waals surface area contributed by atoms with Crippen molar-refractivity contribution in [2.24, 2.45) is 0 Å². The van der Waals surface area contributed by atoms with Gasteiger partial charge in [-0.3, -0.25) is 9.59 Å². The number of esters is 2. The van der Waals surface area contributed by atoms with Gasteiger partial charge in [-0.05, 0) is 88.2 Å². The van der Waals surface area contributed by atoms with Crippen LogP contribution in [0.1, 0.15) is 163 Å². The number of hydrogen-bond acceptors (Lipinski definition) is 28. The molecule has 2 rings (SSSR count). The maximum atomic E-state index is 12.5. The summed E-state index contributed by atoms with van der Waals surface area (Å²) in [5.74, 6) is 0.118. The maximum Gasteiger partial charge on any atom is 0.306 e. The quantitative estimate of drug-likeness (QED) is 0.0353. The summed E-state index contributed by atoms with van der Waals surface area (Å²) in [4.78, 5) is 24.9. The lowest BCUT2D eigenvalue weighted by Gasteiger charge is -2.28. The Morgan fingerprint density at radius 2 is 0.530 bits per heavy atom. The Bertz CT molecular complexity index is 2530. The second-order valence-electron chi connectivity index (χ2n) is 31.2. The molecule has 2 atom stereocenters. The number of benzene rings is 2. The summed E-state index contributed by atoms with van der Waals surface area (Å²) in [6.45, 7) is 55.8. The van der Waals surface area contributed by atoms with Crippen molar-refractivity contribution in [1.29, 1.82) is 0 Å². The van der Waals surface area contributed by atoms with E-state index < -0.39 is 0 Å². The molecule has 0 saturated carbocycles. The number of carbonyl (C=O) groups is 2. The topological polar surface area (TPSA) is 296 Å². The lowest BCUT2D eigenvalue weighted by molar-refractivity contribution is -0.148. The highest BCUT2D eigenvalue weighted by atomic mass is 16.6. The number of phenolic OH excluding ortho intramolecular Hbond substituents is 2. The van der Waals surface area contributed by atoms with Crippen LogP contribution in [-0.2, 0) is 158 Å². The average Bonchev–Trinajstić information content (AvgIpc) is 0.790. The number of phenols is 2. The first-order chi connectivity index (χ1) is 55.2. The largest absolute Gasteiger partial charge is 0.507 e. The molecule has 0 aliphatic carbocycles. The van der Waals surface area contributed by atoms with E-state index in [1.165, 1.54) is 0 Å². The molecular weight excluding hydrogens is 1490 g/mol. The summed E-state index contributed by atoms with van der Waals surface area (Å²) in [7, 11) is 0. The predicted molar refractivity (Wildman–Crippen MR) is 442 cm³/mol. The van der Waals surface area contributed by atoms with Gasteiger partial charge in [0.15, 0.2) is 0 Å². The molecule has 0 aromatic heterocycles. The molecule has 115 heavy (non-hydrogen) atoms. The lowest BCUT2D eigenvalue weighted by atomic mass is 9.78. The van der Waals surface area contributed by atoms with Crippen molar-refractivity contribution in [3.63, 3.8) is 0 Å². The summed E-state index contributed by atoms with van der Waals surface area (Å²) in [5, 5.41) is 21.9. The van der Waals surface area contributed by atoms with Crippen LogP contribution in [0.25, 0.3) is 0 Å². The van der Waals surface area contributed by atoms with Gasteiger partial charge in [-0.1, -0.05) is 127 Å². The molecule has 2 unspecified atom stereocenters. The molecule has 0 spiro atoms. The van der Waals surface area contributed by atoms with E-state index in [0.717, 1.165) is 52.8 Å². The van der Waals surface area contributed by atoms with Crippen LogP contribution < -0.4 is 0 Å². The van der Waals surface area contributed by atoms with Crippen LogP contribution in [0.5, 0.6) is 11.5 Å². The standard InChI is InChI=1S/C46H82O15.C41H74O13/c1-10-13-49-14-15-50-16-17-51-18-19-52-20-21-53-22-23-54-24-25-55-26-27-56-28-29-57-30-31-58-32-33-59-38(2)36-60-39(3)37-61-43(47)12-11-40-34-41(45(4,5)6)44(48)42(35-40)46(7,8)9;1-8-9-12-44-13-14-45-15-16-46-17-18-47-19-20-48-21-22-49-23-24-50-25-26-51-27-28-52-29-30-53-31-32-54-38(42)11-10-35-33-36(40(2,3)4)39(43)37(34-35)41(5,6)7/h10,34-35,38-39,48H,1,11-33,36-37H2,2-9H3;33-34,43H,8-32H2,1-7H3. The smallest absolute Gasteiger partial charge is 0.306 e. The van der Waals surface area contributed by atoms with Crippen LogP contribution in [0.4, 0.5) is 0 Å². The first-order valence-electron chi connectivity index (χ1n) is 41.7. The normalized spacial score (nSPS) is 12.7. The van der Waals surface area contributed by atoms with Crippen LogP contribution in [-0.4, -0.2) is 325 Å². The molecule has 672 valence electrons. The van der Waals surface area contributed by atoms with Gasteiger partial charge in [-0.2, -0.15) is 0 Å². The van der Waals surface area contributed by atoms with Gasteiger partial charge < -0.3 is 124 Å². The molecule has 2 N–H and O–H groups in total. The van der Waals surface area contributed by atoms with Crippen molar-refractivity contribution in [3.8, 4) is 11.5 Å². The van der Waals surface area contributed by atoms with E-state index >= 15 is 0 Å². The summed E-state index contributed by atoms with van der Waals surface area (Å²) in [6, 6.07) is 8.01. The third-order valence-corrected chi connectivity index (χ3v) is 16.6. The zero-order valence-electron chi connectivity index (χ0n) is 73.6. The van der Waals surface area contributed by atoms with Gasteiger partial charge >= 0.3 is 11.9 Å². The summed E-state index contributed by atoms with van der Waals surface area (Å²) in [5.41, 5.74) is 4.69. The lowest BCUT2D eigenvalue weighted by Crippen LogP contribution is -2.25. The van der Waals surface area contributed by atoms with Gasteiger partial charge in [-0.15, -0.1) is 6.58 Å². The molecule has 28 nitrogen and oxygen atoms in total. The predicted octanol–water partition coefficient (Wildman–Crippen LogP) is 11.1. The highest BCUT2D eigenvalue weighted by Gasteiger charge is 2.29.